The van der Waals surface area contributed by atoms with Crippen LogP contribution in [0.4, 0.5) is 16.6 Å². The number of fused-ring (bicyclic) bond motifs is 1. The molecule has 1 fully saturated rings. The Morgan fingerprint density at radius 3 is 2.38 bits per heavy atom. The third kappa shape index (κ3) is 8.42. The minimum atomic E-state index is -3.59. The van der Waals surface area contributed by atoms with Gasteiger partial charge < -0.3 is 10.1 Å². The first-order valence-corrected chi connectivity index (χ1v) is 14.9. The highest BCUT2D eigenvalue weighted by Gasteiger charge is 2.24. The molecule has 0 radical (unpaired) electrons. The average molecular weight is 575 g/mol. The number of ether oxygens (including phenoxy) is 1. The first-order chi connectivity index (χ1) is 18.5. The standard InChI is InChI=1S/C27H35ClN6O4S/c1-27(2,3)38-26(35)34-33-24-22-9-4-5-10-23(22)31-25(32-24)29-16-18-11-13-19(14-12-18)17-30-39(36,37)21-8-6-7-20(28)15-21/h4-10,15,18-19,30H,11-14,16-17H2,1-3H3,(H,34,35)(H2,29,31,32,33). The summed E-state index contributed by atoms with van der Waals surface area (Å²) >= 11 is 5.94. The van der Waals surface area contributed by atoms with Gasteiger partial charge in [0.1, 0.15) is 5.60 Å². The van der Waals surface area contributed by atoms with Gasteiger partial charge in [0.2, 0.25) is 16.0 Å². The zero-order chi connectivity index (χ0) is 28.0. The number of hydrazine groups is 1. The SMILES string of the molecule is CC(C)(C)OC(=O)NNc1nc(NCC2CCC(CNS(=O)(=O)c3cccc(Cl)c3)CC2)nc2ccccc12. The second-order valence-corrected chi connectivity index (χ2v) is 12.9. The molecule has 0 aliphatic heterocycles. The van der Waals surface area contributed by atoms with E-state index in [0.717, 1.165) is 36.6 Å². The van der Waals surface area contributed by atoms with Gasteiger partial charge in [-0.3, -0.25) is 5.43 Å². The van der Waals surface area contributed by atoms with Crippen LogP contribution in [0.1, 0.15) is 46.5 Å². The van der Waals surface area contributed by atoms with Crippen LogP contribution in [0.3, 0.4) is 0 Å². The van der Waals surface area contributed by atoms with Crippen molar-refractivity contribution in [2.45, 2.75) is 57.0 Å². The first kappa shape index (κ1) is 28.8. The molecule has 0 bridgehead atoms. The van der Waals surface area contributed by atoms with Gasteiger partial charge >= 0.3 is 6.09 Å². The number of carbonyl (C=O) groups is 1. The number of anilines is 2. The number of hydrogen-bond donors (Lipinski definition) is 4. The van der Waals surface area contributed by atoms with Gasteiger partial charge in [-0.15, -0.1) is 0 Å². The van der Waals surface area contributed by atoms with Gasteiger partial charge in [-0.1, -0.05) is 29.8 Å². The highest BCUT2D eigenvalue weighted by Crippen LogP contribution is 2.29. The second-order valence-electron chi connectivity index (χ2n) is 10.7. The molecule has 0 atom stereocenters. The van der Waals surface area contributed by atoms with Crippen molar-refractivity contribution in [2.24, 2.45) is 11.8 Å². The maximum Gasteiger partial charge on any atom is 0.426 e. The van der Waals surface area contributed by atoms with E-state index in [0.29, 0.717) is 35.8 Å². The molecule has 1 saturated carbocycles. The molecule has 3 aromatic rings. The first-order valence-electron chi connectivity index (χ1n) is 13.0. The normalized spacial score (nSPS) is 17.9. The zero-order valence-corrected chi connectivity index (χ0v) is 23.9. The summed E-state index contributed by atoms with van der Waals surface area (Å²) < 4.78 is 33.2. The predicted molar refractivity (Wildman–Crippen MR) is 153 cm³/mol. The molecule has 10 nitrogen and oxygen atoms in total. The van der Waals surface area contributed by atoms with E-state index in [9.17, 15) is 13.2 Å². The van der Waals surface area contributed by atoms with E-state index in [-0.39, 0.29) is 10.8 Å². The highest BCUT2D eigenvalue weighted by atomic mass is 35.5. The Kier molecular flexibility index (Phi) is 9.14. The van der Waals surface area contributed by atoms with Crippen LogP contribution in [0.5, 0.6) is 0 Å². The average Bonchev–Trinajstić information content (AvgIpc) is 2.89. The van der Waals surface area contributed by atoms with Gasteiger partial charge in [0.25, 0.3) is 0 Å². The van der Waals surface area contributed by atoms with Crippen LogP contribution in [0.25, 0.3) is 10.9 Å². The third-order valence-corrected chi connectivity index (χ3v) is 8.13. The maximum atomic E-state index is 12.6. The number of aromatic nitrogens is 2. The highest BCUT2D eigenvalue weighted by molar-refractivity contribution is 7.89. The minimum Gasteiger partial charge on any atom is -0.443 e. The molecule has 2 aromatic carbocycles. The zero-order valence-electron chi connectivity index (χ0n) is 22.3. The smallest absolute Gasteiger partial charge is 0.426 e. The molecule has 1 aliphatic rings. The van der Waals surface area contributed by atoms with Crippen LogP contribution < -0.4 is 20.9 Å². The van der Waals surface area contributed by atoms with E-state index >= 15 is 0 Å². The largest absolute Gasteiger partial charge is 0.443 e. The molecule has 210 valence electrons. The van der Waals surface area contributed by atoms with Crippen molar-refractivity contribution < 1.29 is 17.9 Å². The molecule has 0 unspecified atom stereocenters. The molecule has 1 aliphatic carbocycles. The number of carbonyl (C=O) groups excluding carboxylic acids is 1. The topological polar surface area (TPSA) is 134 Å². The van der Waals surface area contributed by atoms with E-state index in [1.165, 1.54) is 6.07 Å². The van der Waals surface area contributed by atoms with E-state index in [2.05, 4.69) is 30.9 Å². The van der Waals surface area contributed by atoms with Crippen molar-refractivity contribution in [3.05, 3.63) is 53.6 Å². The Hall–Kier alpha value is -3.15. The van der Waals surface area contributed by atoms with Crippen molar-refractivity contribution in [1.29, 1.82) is 0 Å². The lowest BCUT2D eigenvalue weighted by Gasteiger charge is -2.28. The minimum absolute atomic E-state index is 0.179. The van der Waals surface area contributed by atoms with E-state index in [1.54, 1.807) is 39.0 Å². The Bertz CT molecular complexity index is 1400. The molecular weight excluding hydrogens is 540 g/mol. The number of amides is 1. The fourth-order valence-electron chi connectivity index (χ4n) is 4.49. The molecule has 0 saturated heterocycles. The van der Waals surface area contributed by atoms with Crippen molar-refractivity contribution in [1.82, 2.24) is 20.1 Å². The Labute approximate surface area is 234 Å². The van der Waals surface area contributed by atoms with Gasteiger partial charge in [0.15, 0.2) is 5.82 Å². The lowest BCUT2D eigenvalue weighted by molar-refractivity contribution is 0.0541. The second kappa shape index (κ2) is 12.4. The summed E-state index contributed by atoms with van der Waals surface area (Å²) in [7, 11) is -3.59. The molecule has 4 N–H and O–H groups in total. The Morgan fingerprint density at radius 1 is 1.00 bits per heavy atom. The molecule has 1 aromatic heterocycles. The van der Waals surface area contributed by atoms with Crippen LogP contribution in [0.2, 0.25) is 5.02 Å². The number of rotatable bonds is 9. The van der Waals surface area contributed by atoms with Crippen molar-refractivity contribution >= 4 is 50.4 Å². The summed E-state index contributed by atoms with van der Waals surface area (Å²) in [5, 5.41) is 4.50. The summed E-state index contributed by atoms with van der Waals surface area (Å²) in [5.74, 6) is 1.61. The van der Waals surface area contributed by atoms with E-state index in [4.69, 9.17) is 16.3 Å². The third-order valence-electron chi connectivity index (χ3n) is 6.47. The van der Waals surface area contributed by atoms with Gasteiger partial charge in [0, 0.05) is 23.5 Å². The van der Waals surface area contributed by atoms with Crippen LogP contribution in [-0.4, -0.2) is 43.2 Å². The van der Waals surface area contributed by atoms with Gasteiger partial charge in [0.05, 0.1) is 10.4 Å². The molecule has 12 heteroatoms. The number of hydrogen-bond acceptors (Lipinski definition) is 8. The Balaban J connectivity index is 1.29. The molecule has 1 amide bonds. The summed E-state index contributed by atoms with van der Waals surface area (Å²) in [6.45, 7) is 6.48. The summed E-state index contributed by atoms with van der Waals surface area (Å²) in [6, 6.07) is 13.8. The lowest BCUT2D eigenvalue weighted by atomic mass is 9.82. The van der Waals surface area contributed by atoms with Gasteiger partial charge in [-0.25, -0.2) is 28.3 Å². The summed E-state index contributed by atoms with van der Waals surface area (Å²) in [4.78, 5) is 21.5. The van der Waals surface area contributed by atoms with Crippen LogP contribution in [-0.2, 0) is 14.8 Å². The number of benzene rings is 2. The van der Waals surface area contributed by atoms with Gasteiger partial charge in [-0.05, 0) is 88.6 Å². The van der Waals surface area contributed by atoms with Crippen LogP contribution in [0, 0.1) is 11.8 Å². The van der Waals surface area contributed by atoms with E-state index < -0.39 is 21.7 Å². The van der Waals surface area contributed by atoms with Crippen LogP contribution >= 0.6 is 11.6 Å². The molecule has 4 rings (SSSR count). The molecule has 39 heavy (non-hydrogen) atoms. The number of para-hydroxylation sites is 1. The fourth-order valence-corrected chi connectivity index (χ4v) is 5.90. The molecule has 1 heterocycles. The van der Waals surface area contributed by atoms with E-state index in [1.807, 2.05) is 24.3 Å². The summed E-state index contributed by atoms with van der Waals surface area (Å²) in [6.07, 6.45) is 3.18. The van der Waals surface area contributed by atoms with Crippen molar-refractivity contribution in [2.75, 3.05) is 23.8 Å². The fraction of sp³-hybridized carbons (Fsp3) is 0.444. The van der Waals surface area contributed by atoms with Crippen molar-refractivity contribution in [3.63, 3.8) is 0 Å². The maximum absolute atomic E-state index is 12.6. The summed E-state index contributed by atoms with van der Waals surface area (Å²) in [5.41, 5.74) is 5.51. The quantitative estimate of drug-likeness (QED) is 0.252. The number of nitrogens with zero attached hydrogens (tertiary/aromatic N) is 2. The van der Waals surface area contributed by atoms with Gasteiger partial charge in [-0.2, -0.15) is 4.98 Å². The molecule has 0 spiro atoms. The molecular formula is C27H35ClN6O4S. The number of sulfonamides is 1. The Morgan fingerprint density at radius 2 is 1.69 bits per heavy atom. The predicted octanol–water partition coefficient (Wildman–Crippen LogP) is 5.33. The number of halogens is 1. The van der Waals surface area contributed by atoms with Crippen molar-refractivity contribution in [3.8, 4) is 0 Å². The monoisotopic (exact) mass is 574 g/mol. The number of nitrogens with one attached hydrogen (secondary N) is 4. The van der Waals surface area contributed by atoms with Crippen LogP contribution in [0.15, 0.2) is 53.4 Å². The lowest BCUT2D eigenvalue weighted by Crippen LogP contribution is -2.36.